The van der Waals surface area contributed by atoms with Gasteiger partial charge in [-0.1, -0.05) is 24.6 Å². The van der Waals surface area contributed by atoms with Crippen molar-refractivity contribution < 1.29 is 9.90 Å². The molecule has 2 unspecified atom stereocenters. The molecule has 2 saturated heterocycles. The van der Waals surface area contributed by atoms with E-state index in [1.54, 1.807) is 0 Å². The Balaban J connectivity index is 1.63. The number of amides is 1. The van der Waals surface area contributed by atoms with E-state index in [9.17, 15) is 9.90 Å². The highest BCUT2D eigenvalue weighted by Crippen LogP contribution is 2.25. The topological polar surface area (TPSA) is 47.0 Å². The molecule has 0 spiro atoms. The number of aliphatic hydroxyl groups is 1. The van der Waals surface area contributed by atoms with Gasteiger partial charge in [-0.15, -0.1) is 0 Å². The third kappa shape index (κ3) is 4.05. The first kappa shape index (κ1) is 18.4. The quantitative estimate of drug-likeness (QED) is 0.885. The van der Waals surface area contributed by atoms with E-state index in [-0.39, 0.29) is 24.6 Å². The van der Waals surface area contributed by atoms with Gasteiger partial charge in [0.15, 0.2) is 0 Å². The number of carbonyl (C=O) groups is 1. The van der Waals surface area contributed by atoms with Crippen LogP contribution in [0.15, 0.2) is 24.3 Å². The van der Waals surface area contributed by atoms with Crippen LogP contribution in [-0.2, 0) is 4.79 Å². The van der Waals surface area contributed by atoms with Crippen LogP contribution in [0.3, 0.4) is 0 Å². The number of piperidine rings is 1. The van der Waals surface area contributed by atoms with E-state index in [2.05, 4.69) is 47.9 Å². The summed E-state index contributed by atoms with van der Waals surface area (Å²) in [6.45, 7) is 8.93. The number of aliphatic hydroxyl groups excluding tert-OH is 1. The second-order valence-electron chi connectivity index (χ2n) is 7.30. The van der Waals surface area contributed by atoms with Crippen LogP contribution >= 0.6 is 0 Å². The van der Waals surface area contributed by atoms with Gasteiger partial charge in [-0.05, 0) is 38.3 Å². The molecule has 2 atom stereocenters. The van der Waals surface area contributed by atoms with Gasteiger partial charge in [0.25, 0.3) is 0 Å². The lowest BCUT2D eigenvalue weighted by molar-refractivity contribution is -0.126. The van der Waals surface area contributed by atoms with E-state index in [1.165, 1.54) is 5.56 Å². The van der Waals surface area contributed by atoms with E-state index in [4.69, 9.17) is 0 Å². The zero-order valence-corrected chi connectivity index (χ0v) is 15.5. The molecule has 2 aliphatic rings. The maximum Gasteiger partial charge on any atom is 0.244 e. The highest BCUT2D eigenvalue weighted by Gasteiger charge is 2.35. The molecule has 2 heterocycles. The average molecular weight is 345 g/mol. The lowest BCUT2D eigenvalue weighted by Gasteiger charge is -2.44. The standard InChI is InChI=1S/C20H31N3O2/c1-3-17(15-24)21-11-13-22(14-12-21)19-5-4-10-23(20(19)25)18-8-6-16(2)7-9-18/h6-9,17,19,24H,3-5,10-15H2,1-2H3. The summed E-state index contributed by atoms with van der Waals surface area (Å²) in [6, 6.07) is 8.52. The highest BCUT2D eigenvalue weighted by atomic mass is 16.3. The minimum atomic E-state index is 0.00593. The van der Waals surface area contributed by atoms with Gasteiger partial charge in [0.1, 0.15) is 0 Å². The Morgan fingerprint density at radius 1 is 1.12 bits per heavy atom. The Hall–Kier alpha value is -1.43. The SMILES string of the molecule is CCC(CO)N1CCN(C2CCCN(c3ccc(C)cc3)C2=O)CC1. The number of benzene rings is 1. The van der Waals surface area contributed by atoms with Gasteiger partial charge in [0, 0.05) is 44.5 Å². The van der Waals surface area contributed by atoms with Crippen molar-refractivity contribution in [2.24, 2.45) is 0 Å². The largest absolute Gasteiger partial charge is 0.395 e. The minimum Gasteiger partial charge on any atom is -0.395 e. The fourth-order valence-corrected chi connectivity index (χ4v) is 4.09. The number of aryl methyl sites for hydroxylation is 1. The van der Waals surface area contributed by atoms with Crippen molar-refractivity contribution in [2.45, 2.75) is 45.2 Å². The first-order valence-corrected chi connectivity index (χ1v) is 9.61. The second kappa shape index (κ2) is 8.30. The maximum atomic E-state index is 13.1. The fourth-order valence-electron chi connectivity index (χ4n) is 4.09. The van der Waals surface area contributed by atoms with Crippen LogP contribution in [0.5, 0.6) is 0 Å². The van der Waals surface area contributed by atoms with Crippen LogP contribution in [0, 0.1) is 6.92 Å². The number of hydrogen-bond acceptors (Lipinski definition) is 4. The maximum absolute atomic E-state index is 13.1. The van der Waals surface area contributed by atoms with E-state index in [0.717, 1.165) is 57.7 Å². The summed E-state index contributed by atoms with van der Waals surface area (Å²) in [4.78, 5) is 19.7. The first-order chi connectivity index (χ1) is 12.1. The zero-order chi connectivity index (χ0) is 17.8. The number of nitrogens with zero attached hydrogens (tertiary/aromatic N) is 3. The lowest BCUT2D eigenvalue weighted by Crippen LogP contribution is -2.59. The molecular formula is C20H31N3O2. The summed E-state index contributed by atoms with van der Waals surface area (Å²) in [5, 5.41) is 9.50. The molecule has 2 fully saturated rings. The molecule has 1 aromatic rings. The van der Waals surface area contributed by atoms with Crippen molar-refractivity contribution >= 4 is 11.6 Å². The molecule has 3 rings (SSSR count). The Kier molecular flexibility index (Phi) is 6.10. The predicted molar refractivity (Wildman–Crippen MR) is 101 cm³/mol. The van der Waals surface area contributed by atoms with Gasteiger partial charge in [0.05, 0.1) is 12.6 Å². The molecule has 0 bridgehead atoms. The summed E-state index contributed by atoms with van der Waals surface area (Å²) in [5.41, 5.74) is 2.24. The Morgan fingerprint density at radius 3 is 2.40 bits per heavy atom. The predicted octanol–water partition coefficient (Wildman–Crippen LogP) is 1.88. The molecule has 0 saturated carbocycles. The molecular weight excluding hydrogens is 314 g/mol. The Bertz CT molecular complexity index is 563. The van der Waals surface area contributed by atoms with Crippen LogP contribution in [0.2, 0.25) is 0 Å². The average Bonchev–Trinajstić information content (AvgIpc) is 2.65. The van der Waals surface area contributed by atoms with Gasteiger partial charge in [0.2, 0.25) is 5.91 Å². The van der Waals surface area contributed by atoms with E-state index < -0.39 is 0 Å². The highest BCUT2D eigenvalue weighted by molar-refractivity contribution is 5.97. The summed E-state index contributed by atoms with van der Waals surface area (Å²) in [7, 11) is 0. The van der Waals surface area contributed by atoms with Crippen LogP contribution in [0.4, 0.5) is 5.69 Å². The number of rotatable bonds is 5. The molecule has 1 aromatic carbocycles. The molecule has 5 nitrogen and oxygen atoms in total. The smallest absolute Gasteiger partial charge is 0.244 e. The molecule has 0 aromatic heterocycles. The van der Waals surface area contributed by atoms with Crippen LogP contribution in [0.1, 0.15) is 31.7 Å². The van der Waals surface area contributed by atoms with Crippen LogP contribution in [-0.4, -0.2) is 72.2 Å². The van der Waals surface area contributed by atoms with E-state index in [0.29, 0.717) is 0 Å². The summed E-state index contributed by atoms with van der Waals surface area (Å²) in [6.07, 6.45) is 2.98. The normalized spacial score (nSPS) is 24.5. The molecule has 0 radical (unpaired) electrons. The number of hydrogen-bond donors (Lipinski definition) is 1. The van der Waals surface area contributed by atoms with Crippen LogP contribution < -0.4 is 4.90 Å². The molecule has 1 N–H and O–H groups in total. The molecule has 138 valence electrons. The summed E-state index contributed by atoms with van der Waals surface area (Å²) in [5.74, 6) is 0.248. The Morgan fingerprint density at radius 2 is 1.80 bits per heavy atom. The lowest BCUT2D eigenvalue weighted by atomic mass is 10.0. The van der Waals surface area contributed by atoms with Gasteiger partial charge in [-0.2, -0.15) is 0 Å². The Labute approximate surface area is 151 Å². The van der Waals surface area contributed by atoms with Crippen molar-refractivity contribution in [3.05, 3.63) is 29.8 Å². The third-order valence-corrected chi connectivity index (χ3v) is 5.74. The number of anilines is 1. The number of carbonyl (C=O) groups excluding carboxylic acids is 1. The molecule has 1 amide bonds. The summed E-state index contributed by atoms with van der Waals surface area (Å²) >= 11 is 0. The van der Waals surface area contributed by atoms with E-state index in [1.807, 2.05) is 4.90 Å². The van der Waals surface area contributed by atoms with Gasteiger partial charge < -0.3 is 10.0 Å². The van der Waals surface area contributed by atoms with Gasteiger partial charge in [-0.25, -0.2) is 0 Å². The summed E-state index contributed by atoms with van der Waals surface area (Å²) < 4.78 is 0. The van der Waals surface area contributed by atoms with Gasteiger partial charge in [-0.3, -0.25) is 14.6 Å². The van der Waals surface area contributed by atoms with Crippen molar-refractivity contribution in [1.29, 1.82) is 0 Å². The zero-order valence-electron chi connectivity index (χ0n) is 15.5. The second-order valence-corrected chi connectivity index (χ2v) is 7.30. The molecule has 0 aliphatic carbocycles. The molecule has 2 aliphatic heterocycles. The van der Waals surface area contributed by atoms with Crippen molar-refractivity contribution in [3.63, 3.8) is 0 Å². The van der Waals surface area contributed by atoms with Crippen molar-refractivity contribution in [1.82, 2.24) is 9.80 Å². The third-order valence-electron chi connectivity index (χ3n) is 5.74. The number of piperazine rings is 1. The van der Waals surface area contributed by atoms with Crippen LogP contribution in [0.25, 0.3) is 0 Å². The minimum absolute atomic E-state index is 0.00593. The van der Waals surface area contributed by atoms with Gasteiger partial charge >= 0.3 is 0 Å². The molecule has 25 heavy (non-hydrogen) atoms. The fraction of sp³-hybridized carbons (Fsp3) is 0.650. The monoisotopic (exact) mass is 345 g/mol. The van der Waals surface area contributed by atoms with E-state index >= 15 is 0 Å². The van der Waals surface area contributed by atoms with Crippen molar-refractivity contribution in [2.75, 3.05) is 44.2 Å². The molecule has 5 heteroatoms. The van der Waals surface area contributed by atoms with Crippen molar-refractivity contribution in [3.8, 4) is 0 Å². The first-order valence-electron chi connectivity index (χ1n) is 9.61.